The number of hydrogen-bond donors (Lipinski definition) is 2. The van der Waals surface area contributed by atoms with E-state index in [0.717, 1.165) is 25.7 Å². The fourth-order valence-electron chi connectivity index (χ4n) is 6.97. The maximum atomic E-state index is 5.58. The number of fused-ring (bicyclic) bond motifs is 2. The number of benzene rings is 2. The smallest absolute Gasteiger partial charge is 0.0688 e. The summed E-state index contributed by atoms with van der Waals surface area (Å²) in [5.74, 6) is 1.91. The lowest BCUT2D eigenvalue weighted by molar-refractivity contribution is 0.544. The van der Waals surface area contributed by atoms with E-state index in [9.17, 15) is 0 Å². The normalized spacial score (nSPS) is 18.8. The largest absolute Gasteiger partial charge is 0.376 e. The van der Waals surface area contributed by atoms with Gasteiger partial charge < -0.3 is 10.6 Å². The quantitative estimate of drug-likeness (QED) is 0.300. The predicted molar refractivity (Wildman–Crippen MR) is 172 cm³/mol. The zero-order valence-corrected chi connectivity index (χ0v) is 26.2. The van der Waals surface area contributed by atoms with Crippen LogP contribution < -0.4 is 10.6 Å². The fourth-order valence-corrected chi connectivity index (χ4v) is 6.97. The third kappa shape index (κ3) is 5.67. The Balaban J connectivity index is 1.54. The molecule has 0 saturated carbocycles. The minimum atomic E-state index is 0.253. The molecule has 2 aliphatic rings. The average molecular weight is 538 g/mol. The van der Waals surface area contributed by atoms with E-state index < -0.39 is 0 Å². The average Bonchev–Trinajstić information content (AvgIpc) is 2.92. The summed E-state index contributed by atoms with van der Waals surface area (Å²) in [6, 6.07) is 16.7. The van der Waals surface area contributed by atoms with Crippen molar-refractivity contribution in [2.24, 2.45) is 0 Å². The zero-order valence-electron chi connectivity index (χ0n) is 26.2. The fraction of sp³-hybridized carbons (Fsp3) is 0.541. The first-order valence-electron chi connectivity index (χ1n) is 16.0. The summed E-state index contributed by atoms with van der Waals surface area (Å²) in [6.45, 7) is 18.5. The summed E-state index contributed by atoms with van der Waals surface area (Å²) in [5.41, 5.74) is 13.8. The van der Waals surface area contributed by atoms with Crippen LogP contribution in [0.4, 0.5) is 11.4 Å². The number of hydrogen-bond acceptors (Lipinski definition) is 3. The van der Waals surface area contributed by atoms with Gasteiger partial charge in [-0.25, -0.2) is 0 Å². The van der Waals surface area contributed by atoms with E-state index in [2.05, 4.69) is 108 Å². The molecular formula is C37H51N3. The molecule has 5 rings (SSSR count). The van der Waals surface area contributed by atoms with Crippen molar-refractivity contribution in [2.75, 3.05) is 10.6 Å². The van der Waals surface area contributed by atoms with Crippen molar-refractivity contribution >= 4 is 11.4 Å². The van der Waals surface area contributed by atoms with E-state index in [-0.39, 0.29) is 12.1 Å². The van der Waals surface area contributed by atoms with E-state index in [1.54, 1.807) is 0 Å². The molecule has 0 spiro atoms. The van der Waals surface area contributed by atoms with Crippen molar-refractivity contribution in [2.45, 2.75) is 130 Å². The van der Waals surface area contributed by atoms with Crippen molar-refractivity contribution in [1.29, 1.82) is 0 Å². The first-order chi connectivity index (χ1) is 19.2. The number of nitrogens with zero attached hydrogens (tertiary/aromatic N) is 1. The van der Waals surface area contributed by atoms with Gasteiger partial charge in [-0.3, -0.25) is 4.98 Å². The number of nitrogens with one attached hydrogen (secondary N) is 2. The topological polar surface area (TPSA) is 37.0 Å². The Morgan fingerprint density at radius 2 is 0.925 bits per heavy atom. The molecule has 0 bridgehead atoms. The van der Waals surface area contributed by atoms with Crippen LogP contribution >= 0.6 is 0 Å². The second kappa shape index (κ2) is 12.0. The molecule has 2 atom stereocenters. The number of aromatic nitrogens is 1. The maximum Gasteiger partial charge on any atom is 0.0688 e. The lowest BCUT2D eigenvalue weighted by Gasteiger charge is -2.34. The van der Waals surface area contributed by atoms with Crippen LogP contribution in [0.2, 0.25) is 0 Å². The summed E-state index contributed by atoms with van der Waals surface area (Å²) in [5, 5.41) is 8.15. The van der Waals surface area contributed by atoms with Gasteiger partial charge in [0.1, 0.15) is 0 Å². The SMILES string of the molecule is CC(C)c1cccc(C(C)C)c1NC1CCCc2cc3c(nc21)C(Nc1c(C(C)C)cccc1C(C)C)CCC3. The Bertz CT molecular complexity index is 1180. The van der Waals surface area contributed by atoms with Crippen molar-refractivity contribution in [1.82, 2.24) is 4.98 Å². The molecule has 2 aromatic carbocycles. The van der Waals surface area contributed by atoms with Gasteiger partial charge in [-0.1, -0.05) is 97.9 Å². The van der Waals surface area contributed by atoms with E-state index in [1.807, 2.05) is 0 Å². The molecule has 3 nitrogen and oxygen atoms in total. The van der Waals surface area contributed by atoms with E-state index in [4.69, 9.17) is 4.98 Å². The van der Waals surface area contributed by atoms with Crippen LogP contribution in [0.25, 0.3) is 0 Å². The van der Waals surface area contributed by atoms with Crippen LogP contribution in [0.3, 0.4) is 0 Å². The molecule has 3 heteroatoms. The highest BCUT2D eigenvalue weighted by Crippen LogP contribution is 2.42. The summed E-state index contributed by atoms with van der Waals surface area (Å²) in [6.07, 6.45) is 6.98. The van der Waals surface area contributed by atoms with Gasteiger partial charge in [-0.15, -0.1) is 0 Å². The third-order valence-electron chi connectivity index (χ3n) is 9.17. The summed E-state index contributed by atoms with van der Waals surface area (Å²) in [7, 11) is 0. The lowest BCUT2D eigenvalue weighted by atomic mass is 9.84. The van der Waals surface area contributed by atoms with Crippen molar-refractivity contribution in [3.63, 3.8) is 0 Å². The molecule has 2 unspecified atom stereocenters. The van der Waals surface area contributed by atoms with Gasteiger partial charge in [0.2, 0.25) is 0 Å². The van der Waals surface area contributed by atoms with Gasteiger partial charge in [0.25, 0.3) is 0 Å². The second-order valence-corrected chi connectivity index (χ2v) is 13.5. The highest BCUT2D eigenvalue weighted by molar-refractivity contribution is 5.63. The second-order valence-electron chi connectivity index (χ2n) is 13.5. The molecule has 2 aliphatic carbocycles. The van der Waals surface area contributed by atoms with Crippen LogP contribution in [-0.2, 0) is 12.8 Å². The van der Waals surface area contributed by atoms with Gasteiger partial charge in [-0.2, -0.15) is 0 Å². The third-order valence-corrected chi connectivity index (χ3v) is 9.17. The maximum absolute atomic E-state index is 5.58. The number of aryl methyl sites for hydroxylation is 2. The standard InChI is InChI=1S/C37H51N3/c1-22(2)28-15-11-16-29(23(3)4)36(28)38-32-19-9-13-26-21-27-14-10-20-33(35(27)40-34(26)32)39-37-30(24(5)6)17-12-18-31(37)25(7)8/h11-12,15-18,21-25,32-33,38-39H,9-10,13-14,19-20H2,1-8H3. The Kier molecular flexibility index (Phi) is 8.59. The van der Waals surface area contributed by atoms with E-state index in [1.165, 1.54) is 69.0 Å². The molecule has 0 aliphatic heterocycles. The van der Waals surface area contributed by atoms with Gasteiger partial charge >= 0.3 is 0 Å². The lowest BCUT2D eigenvalue weighted by Crippen LogP contribution is -2.26. The van der Waals surface area contributed by atoms with E-state index in [0.29, 0.717) is 23.7 Å². The van der Waals surface area contributed by atoms with Crippen molar-refractivity contribution in [3.8, 4) is 0 Å². The molecule has 2 N–H and O–H groups in total. The number of rotatable bonds is 8. The number of para-hydroxylation sites is 2. The molecule has 0 amide bonds. The first kappa shape index (κ1) is 28.7. The minimum Gasteiger partial charge on any atom is -0.376 e. The van der Waals surface area contributed by atoms with Crippen molar-refractivity contribution in [3.05, 3.63) is 87.2 Å². The van der Waals surface area contributed by atoms with Crippen LogP contribution in [0, 0.1) is 0 Å². The van der Waals surface area contributed by atoms with Crippen LogP contribution in [0.15, 0.2) is 42.5 Å². The molecule has 0 radical (unpaired) electrons. The van der Waals surface area contributed by atoms with Crippen molar-refractivity contribution < 1.29 is 0 Å². The Labute approximate surface area is 243 Å². The van der Waals surface area contributed by atoms with Gasteiger partial charge in [0.05, 0.1) is 23.5 Å². The van der Waals surface area contributed by atoms with Crippen LogP contribution in [-0.4, -0.2) is 4.98 Å². The Hall–Kier alpha value is -2.81. The summed E-state index contributed by atoms with van der Waals surface area (Å²) >= 11 is 0. The molecule has 3 aromatic rings. The molecule has 0 saturated heterocycles. The van der Waals surface area contributed by atoms with Crippen LogP contribution in [0.1, 0.15) is 162 Å². The summed E-state index contributed by atoms with van der Waals surface area (Å²) < 4.78 is 0. The molecular weight excluding hydrogens is 486 g/mol. The molecule has 1 heterocycles. The van der Waals surface area contributed by atoms with E-state index >= 15 is 0 Å². The highest BCUT2D eigenvalue weighted by Gasteiger charge is 2.30. The minimum absolute atomic E-state index is 0.253. The zero-order chi connectivity index (χ0) is 28.6. The number of anilines is 2. The summed E-state index contributed by atoms with van der Waals surface area (Å²) in [4.78, 5) is 5.58. The first-order valence-corrected chi connectivity index (χ1v) is 16.0. The van der Waals surface area contributed by atoms with Gasteiger partial charge in [0, 0.05) is 11.4 Å². The number of pyridine rings is 1. The Morgan fingerprint density at radius 3 is 1.25 bits per heavy atom. The molecule has 40 heavy (non-hydrogen) atoms. The predicted octanol–water partition coefficient (Wildman–Crippen LogP) is 10.6. The van der Waals surface area contributed by atoms with Gasteiger partial charge in [0.15, 0.2) is 0 Å². The molecule has 0 fully saturated rings. The van der Waals surface area contributed by atoms with Crippen LogP contribution in [0.5, 0.6) is 0 Å². The molecule has 214 valence electrons. The monoisotopic (exact) mass is 537 g/mol. The Morgan fingerprint density at radius 1 is 0.575 bits per heavy atom. The molecule has 1 aromatic heterocycles. The van der Waals surface area contributed by atoms with Gasteiger partial charge in [-0.05, 0) is 95.6 Å². The highest BCUT2D eigenvalue weighted by atomic mass is 15.0.